The maximum Gasteiger partial charge on any atom is 0.135 e. The van der Waals surface area contributed by atoms with Gasteiger partial charge in [0, 0.05) is 35.9 Å². The quantitative estimate of drug-likeness (QED) is 0.290. The first-order chi connectivity index (χ1) is 17.2. The highest BCUT2D eigenvalue weighted by molar-refractivity contribution is 5.98. The van der Waals surface area contributed by atoms with Crippen LogP contribution in [0, 0.1) is 0 Å². The molecule has 5 aromatic heterocycles. The molecule has 0 amide bonds. The van der Waals surface area contributed by atoms with E-state index in [0.717, 1.165) is 70.1 Å². The summed E-state index contributed by atoms with van der Waals surface area (Å²) in [7, 11) is 0. The molecule has 1 saturated heterocycles. The highest BCUT2D eigenvalue weighted by Gasteiger charge is 2.18. The summed E-state index contributed by atoms with van der Waals surface area (Å²) in [4.78, 5) is 19.8. The van der Waals surface area contributed by atoms with Gasteiger partial charge in [-0.25, -0.2) is 4.98 Å². The second kappa shape index (κ2) is 8.87. The van der Waals surface area contributed by atoms with Gasteiger partial charge >= 0.3 is 0 Å². The Hall–Kier alpha value is -4.20. The average Bonchev–Trinajstić information content (AvgIpc) is 3.53. The smallest absolute Gasteiger partial charge is 0.135 e. The van der Waals surface area contributed by atoms with Gasteiger partial charge in [0.15, 0.2) is 0 Å². The summed E-state index contributed by atoms with van der Waals surface area (Å²) < 4.78 is 0. The Morgan fingerprint density at radius 2 is 1.89 bits per heavy atom. The molecule has 0 spiro atoms. The monoisotopic (exact) mass is 464 g/mol. The maximum atomic E-state index is 4.97. The van der Waals surface area contributed by atoms with Gasteiger partial charge in [-0.1, -0.05) is 13.5 Å². The zero-order valence-corrected chi connectivity index (χ0v) is 19.8. The number of anilines is 2. The Balaban J connectivity index is 1.39. The normalized spacial score (nSPS) is 14.0. The van der Waals surface area contributed by atoms with Crippen LogP contribution in [0.4, 0.5) is 11.4 Å². The molecule has 8 nitrogen and oxygen atoms in total. The number of rotatable bonds is 6. The molecule has 6 heterocycles. The summed E-state index contributed by atoms with van der Waals surface area (Å²) in [5.41, 5.74) is 9.23. The minimum absolute atomic E-state index is 0.796. The van der Waals surface area contributed by atoms with Crippen LogP contribution in [0.3, 0.4) is 0 Å². The Bertz CT molecular complexity index is 1520. The first-order valence-corrected chi connectivity index (χ1v) is 12.2. The van der Waals surface area contributed by atoms with Gasteiger partial charge in [-0.3, -0.25) is 15.1 Å². The number of pyridine rings is 3. The zero-order valence-electron chi connectivity index (χ0n) is 19.8. The van der Waals surface area contributed by atoms with Crippen molar-refractivity contribution in [3.63, 3.8) is 0 Å². The van der Waals surface area contributed by atoms with E-state index in [0.29, 0.717) is 0 Å². The maximum absolute atomic E-state index is 4.97. The largest absolute Gasteiger partial charge is 0.370 e. The lowest BCUT2D eigenvalue weighted by molar-refractivity contribution is 0.578. The molecule has 0 aliphatic carbocycles. The van der Waals surface area contributed by atoms with Gasteiger partial charge < -0.3 is 15.2 Å². The molecule has 6 rings (SSSR count). The number of fused-ring (bicyclic) bond motifs is 2. The number of aromatic amines is 2. The first-order valence-electron chi connectivity index (χ1n) is 12.2. The molecular formula is C27H28N8. The summed E-state index contributed by atoms with van der Waals surface area (Å²) >= 11 is 0. The number of hydrogen-bond donors (Lipinski definition) is 3. The van der Waals surface area contributed by atoms with E-state index >= 15 is 0 Å². The van der Waals surface area contributed by atoms with Gasteiger partial charge in [0.05, 0.1) is 52.4 Å². The van der Waals surface area contributed by atoms with Gasteiger partial charge in [-0.15, -0.1) is 0 Å². The van der Waals surface area contributed by atoms with Gasteiger partial charge in [-0.2, -0.15) is 5.10 Å². The summed E-state index contributed by atoms with van der Waals surface area (Å²) in [5.74, 6) is 0. The molecule has 176 valence electrons. The minimum atomic E-state index is 0.796. The van der Waals surface area contributed by atoms with Crippen LogP contribution in [0.15, 0.2) is 61.3 Å². The third kappa shape index (κ3) is 4.01. The predicted molar refractivity (Wildman–Crippen MR) is 141 cm³/mol. The van der Waals surface area contributed by atoms with Gasteiger partial charge in [0.25, 0.3) is 0 Å². The number of piperidine rings is 1. The lowest BCUT2D eigenvalue weighted by atomic mass is 10.1. The average molecular weight is 465 g/mol. The molecule has 0 bridgehead atoms. The van der Waals surface area contributed by atoms with E-state index in [-0.39, 0.29) is 0 Å². The van der Waals surface area contributed by atoms with Crippen LogP contribution in [0.1, 0.15) is 32.6 Å². The second-order valence-electron chi connectivity index (χ2n) is 9.06. The molecule has 8 heteroatoms. The predicted octanol–water partition coefficient (Wildman–Crippen LogP) is 5.89. The lowest BCUT2D eigenvalue weighted by Crippen LogP contribution is -2.29. The van der Waals surface area contributed by atoms with Gasteiger partial charge in [0.1, 0.15) is 11.2 Å². The van der Waals surface area contributed by atoms with E-state index in [2.05, 4.69) is 54.9 Å². The summed E-state index contributed by atoms with van der Waals surface area (Å²) in [6.45, 7) is 8.24. The van der Waals surface area contributed by atoms with Crippen molar-refractivity contribution >= 4 is 33.3 Å². The molecule has 0 saturated carbocycles. The van der Waals surface area contributed by atoms with Crippen molar-refractivity contribution in [2.45, 2.75) is 32.6 Å². The van der Waals surface area contributed by atoms with E-state index < -0.39 is 0 Å². The number of aromatic nitrogens is 6. The summed E-state index contributed by atoms with van der Waals surface area (Å²) in [5, 5.41) is 12.2. The lowest BCUT2D eigenvalue weighted by Gasteiger charge is -2.28. The first kappa shape index (κ1) is 21.3. The summed E-state index contributed by atoms with van der Waals surface area (Å²) in [6, 6.07) is 8.22. The Morgan fingerprint density at radius 1 is 1.03 bits per heavy atom. The molecule has 1 aliphatic rings. The van der Waals surface area contributed by atoms with Crippen LogP contribution < -0.4 is 10.2 Å². The molecule has 0 unspecified atom stereocenters. The zero-order chi connectivity index (χ0) is 23.8. The van der Waals surface area contributed by atoms with Gasteiger partial charge in [-0.05, 0) is 49.9 Å². The van der Waals surface area contributed by atoms with Crippen molar-refractivity contribution in [1.29, 1.82) is 0 Å². The highest BCUT2D eigenvalue weighted by atomic mass is 15.1. The number of H-pyrrole nitrogens is 2. The SMILES string of the molecule is C=C(CC)Nc1cncc(-c2ccc3[nH]nc(-c4cc5c(N6CCCCC6)cncc5[nH]4)c3n2)c1. The van der Waals surface area contributed by atoms with Crippen molar-refractivity contribution < 1.29 is 0 Å². The molecule has 3 N–H and O–H groups in total. The van der Waals surface area contributed by atoms with Crippen molar-refractivity contribution in [1.82, 2.24) is 30.1 Å². The van der Waals surface area contributed by atoms with Crippen molar-refractivity contribution in [2.24, 2.45) is 0 Å². The molecule has 0 atom stereocenters. The minimum Gasteiger partial charge on any atom is -0.370 e. The van der Waals surface area contributed by atoms with Crippen molar-refractivity contribution in [3.8, 4) is 22.6 Å². The number of allylic oxidation sites excluding steroid dienone is 1. The second-order valence-corrected chi connectivity index (χ2v) is 9.06. The summed E-state index contributed by atoms with van der Waals surface area (Å²) in [6.07, 6.45) is 12.1. The van der Waals surface area contributed by atoms with E-state index in [1.807, 2.05) is 36.8 Å². The molecular weight excluding hydrogens is 436 g/mol. The topological polar surface area (TPSA) is 98.4 Å². The Kier molecular flexibility index (Phi) is 5.41. The Morgan fingerprint density at radius 3 is 2.74 bits per heavy atom. The molecule has 0 radical (unpaired) electrons. The molecule has 35 heavy (non-hydrogen) atoms. The fourth-order valence-corrected chi connectivity index (χ4v) is 4.74. The van der Waals surface area contributed by atoms with Crippen LogP contribution in [0.2, 0.25) is 0 Å². The van der Waals surface area contributed by atoms with E-state index in [9.17, 15) is 0 Å². The van der Waals surface area contributed by atoms with Crippen LogP contribution in [0.5, 0.6) is 0 Å². The fourth-order valence-electron chi connectivity index (χ4n) is 4.74. The highest BCUT2D eigenvalue weighted by Crippen LogP contribution is 2.34. The number of nitrogens with one attached hydrogen (secondary N) is 3. The van der Waals surface area contributed by atoms with Crippen molar-refractivity contribution in [2.75, 3.05) is 23.3 Å². The van der Waals surface area contributed by atoms with Crippen LogP contribution in [-0.4, -0.2) is 43.2 Å². The molecule has 1 aliphatic heterocycles. The molecule has 1 fully saturated rings. The number of hydrogen-bond acceptors (Lipinski definition) is 6. The van der Waals surface area contributed by atoms with E-state index in [1.54, 1.807) is 6.20 Å². The third-order valence-corrected chi connectivity index (χ3v) is 6.67. The molecule has 0 aromatic carbocycles. The van der Waals surface area contributed by atoms with E-state index in [4.69, 9.17) is 4.98 Å². The van der Waals surface area contributed by atoms with Crippen LogP contribution >= 0.6 is 0 Å². The standard InChI is InChI=1S/C27H28N8/c1-3-17(2)30-19-11-18(13-28-14-19)21-7-8-22-26(32-21)27(34-33-22)23-12-20-24(31-23)15-29-16-25(20)35-9-5-4-6-10-35/h7-8,11-16,30-31H,2-6,9-10H2,1H3,(H,33,34). The Labute approximate surface area is 203 Å². The van der Waals surface area contributed by atoms with Gasteiger partial charge in [0.2, 0.25) is 0 Å². The molecule has 5 aromatic rings. The van der Waals surface area contributed by atoms with Crippen molar-refractivity contribution in [3.05, 3.63) is 61.3 Å². The number of nitrogens with zero attached hydrogens (tertiary/aromatic N) is 5. The van der Waals surface area contributed by atoms with Crippen LogP contribution in [0.25, 0.3) is 44.6 Å². The van der Waals surface area contributed by atoms with Crippen LogP contribution in [-0.2, 0) is 0 Å². The fraction of sp³-hybridized carbons (Fsp3) is 0.259. The van der Waals surface area contributed by atoms with E-state index in [1.165, 1.54) is 30.3 Å². The third-order valence-electron chi connectivity index (χ3n) is 6.67.